The van der Waals surface area contributed by atoms with E-state index in [9.17, 15) is 26.7 Å². The molecular formula is C24H25F5N6O. The smallest absolute Gasteiger partial charge is 0.352 e. The summed E-state index contributed by atoms with van der Waals surface area (Å²) in [7, 11) is 1.64. The first-order valence-electron chi connectivity index (χ1n) is 11.3. The van der Waals surface area contributed by atoms with Crippen molar-refractivity contribution in [3.8, 4) is 11.1 Å². The molecule has 0 spiro atoms. The van der Waals surface area contributed by atoms with Crippen LogP contribution in [0.1, 0.15) is 35.0 Å². The molecule has 2 unspecified atom stereocenters. The first-order chi connectivity index (χ1) is 16.8. The summed E-state index contributed by atoms with van der Waals surface area (Å²) in [4.78, 5) is 22.0. The van der Waals surface area contributed by atoms with Crippen LogP contribution >= 0.6 is 0 Å². The topological polar surface area (TPSA) is 75.9 Å². The van der Waals surface area contributed by atoms with E-state index in [1.54, 1.807) is 20.2 Å². The van der Waals surface area contributed by atoms with Crippen LogP contribution in [-0.2, 0) is 13.2 Å². The molecule has 2 aromatic heterocycles. The van der Waals surface area contributed by atoms with E-state index in [1.165, 1.54) is 4.68 Å². The van der Waals surface area contributed by atoms with Gasteiger partial charge in [0.25, 0.3) is 11.8 Å². The summed E-state index contributed by atoms with van der Waals surface area (Å²) in [6.07, 6.45) is -2.09. The second kappa shape index (κ2) is 9.47. The molecule has 1 aromatic carbocycles. The van der Waals surface area contributed by atoms with E-state index < -0.39 is 48.5 Å². The molecule has 1 aliphatic rings. The zero-order valence-electron chi connectivity index (χ0n) is 19.9. The summed E-state index contributed by atoms with van der Waals surface area (Å²) >= 11 is 0. The molecule has 1 fully saturated rings. The standard InChI is InChI=1S/C24H25F5N6O/c1-14-4-6-16(7-5-14)18-12-34(3)33-20(18)21(36)35-13-23(25,26)8-15(2)19(35)11-32-22-30-9-17(10-31-22)24(27,28)29/h4-7,9-10,12,15,19H,8,11,13H2,1-3H3,(H,30,31,32). The Hall–Kier alpha value is -3.57. The summed E-state index contributed by atoms with van der Waals surface area (Å²) in [6.45, 7) is 2.70. The van der Waals surface area contributed by atoms with E-state index in [0.29, 0.717) is 18.0 Å². The molecule has 0 aliphatic carbocycles. The summed E-state index contributed by atoms with van der Waals surface area (Å²) in [6, 6.07) is 6.72. The van der Waals surface area contributed by atoms with Crippen molar-refractivity contribution in [3.05, 3.63) is 59.7 Å². The first kappa shape index (κ1) is 25.5. The van der Waals surface area contributed by atoms with Gasteiger partial charge >= 0.3 is 6.18 Å². The van der Waals surface area contributed by atoms with Crippen LogP contribution in [-0.4, -0.2) is 55.6 Å². The Bertz CT molecular complexity index is 1220. The van der Waals surface area contributed by atoms with Gasteiger partial charge in [-0.25, -0.2) is 18.7 Å². The van der Waals surface area contributed by atoms with E-state index in [4.69, 9.17) is 0 Å². The number of aromatic nitrogens is 4. The minimum atomic E-state index is -4.58. The summed E-state index contributed by atoms with van der Waals surface area (Å²) < 4.78 is 68.9. The summed E-state index contributed by atoms with van der Waals surface area (Å²) in [5.41, 5.74) is 1.30. The summed E-state index contributed by atoms with van der Waals surface area (Å²) in [5.74, 6) is -4.48. The molecule has 192 valence electrons. The lowest BCUT2D eigenvalue weighted by Gasteiger charge is -2.43. The minimum Gasteiger partial charge on any atom is -0.352 e. The van der Waals surface area contributed by atoms with Gasteiger partial charge in [-0.2, -0.15) is 18.3 Å². The van der Waals surface area contributed by atoms with Gasteiger partial charge in [0.1, 0.15) is 0 Å². The lowest BCUT2D eigenvalue weighted by Crippen LogP contribution is -2.57. The van der Waals surface area contributed by atoms with Crippen molar-refractivity contribution in [2.45, 2.75) is 38.4 Å². The highest BCUT2D eigenvalue weighted by Gasteiger charge is 2.47. The van der Waals surface area contributed by atoms with Gasteiger partial charge in [-0.05, 0) is 18.4 Å². The van der Waals surface area contributed by atoms with Crippen LogP contribution in [0.25, 0.3) is 11.1 Å². The number of aryl methyl sites for hydroxylation is 2. The van der Waals surface area contributed by atoms with Crippen molar-refractivity contribution in [1.82, 2.24) is 24.6 Å². The number of halogens is 5. The van der Waals surface area contributed by atoms with E-state index in [1.807, 2.05) is 31.2 Å². The Morgan fingerprint density at radius 2 is 1.81 bits per heavy atom. The minimum absolute atomic E-state index is 0.0267. The molecule has 3 heterocycles. The Morgan fingerprint density at radius 3 is 2.42 bits per heavy atom. The number of nitrogens with zero attached hydrogens (tertiary/aromatic N) is 5. The molecule has 1 N–H and O–H groups in total. The highest BCUT2D eigenvalue weighted by molar-refractivity contribution is 5.99. The predicted octanol–water partition coefficient (Wildman–Crippen LogP) is 4.80. The molecule has 0 saturated carbocycles. The fraction of sp³-hybridized carbons (Fsp3) is 0.417. The van der Waals surface area contributed by atoms with Gasteiger partial charge in [-0.3, -0.25) is 9.48 Å². The number of benzene rings is 1. The summed E-state index contributed by atoms with van der Waals surface area (Å²) in [5, 5.41) is 7.06. The van der Waals surface area contributed by atoms with Crippen molar-refractivity contribution in [3.63, 3.8) is 0 Å². The van der Waals surface area contributed by atoms with Gasteiger partial charge < -0.3 is 10.2 Å². The van der Waals surface area contributed by atoms with Gasteiger partial charge in [-0.15, -0.1) is 0 Å². The maximum atomic E-state index is 14.6. The first-order valence-corrected chi connectivity index (χ1v) is 11.3. The number of nitrogens with one attached hydrogen (secondary N) is 1. The fourth-order valence-corrected chi connectivity index (χ4v) is 4.37. The van der Waals surface area contributed by atoms with E-state index in [2.05, 4.69) is 20.4 Å². The second-order valence-electron chi connectivity index (χ2n) is 9.14. The van der Waals surface area contributed by atoms with Gasteiger partial charge in [0.05, 0.1) is 18.2 Å². The van der Waals surface area contributed by atoms with Crippen molar-refractivity contribution < 1.29 is 26.7 Å². The molecule has 1 aliphatic heterocycles. The molecule has 12 heteroatoms. The number of carbonyl (C=O) groups excluding carboxylic acids is 1. The van der Waals surface area contributed by atoms with Crippen LogP contribution in [0.5, 0.6) is 0 Å². The molecule has 3 aromatic rings. The average molecular weight is 508 g/mol. The third-order valence-corrected chi connectivity index (χ3v) is 6.18. The highest BCUT2D eigenvalue weighted by Crippen LogP contribution is 2.36. The normalized spacial score (nSPS) is 19.8. The maximum absolute atomic E-state index is 14.6. The van der Waals surface area contributed by atoms with Gasteiger partial charge in [-0.1, -0.05) is 36.8 Å². The SMILES string of the molecule is Cc1ccc(-c2cn(C)nc2C(=O)N2CC(F)(F)CC(C)C2CNc2ncc(C(F)(F)F)cn2)cc1. The monoisotopic (exact) mass is 508 g/mol. The van der Waals surface area contributed by atoms with Crippen molar-refractivity contribution in [2.75, 3.05) is 18.4 Å². The quantitative estimate of drug-likeness (QED) is 0.501. The zero-order chi connectivity index (χ0) is 26.3. The van der Waals surface area contributed by atoms with Crippen LogP contribution in [0, 0.1) is 12.8 Å². The highest BCUT2D eigenvalue weighted by atomic mass is 19.4. The molecule has 1 saturated heterocycles. The average Bonchev–Trinajstić information content (AvgIpc) is 3.19. The molecule has 7 nitrogen and oxygen atoms in total. The van der Waals surface area contributed by atoms with Crippen molar-refractivity contribution in [1.29, 1.82) is 0 Å². The molecule has 0 bridgehead atoms. The maximum Gasteiger partial charge on any atom is 0.419 e. The second-order valence-corrected chi connectivity index (χ2v) is 9.14. The number of piperidine rings is 1. The van der Waals surface area contributed by atoms with Crippen LogP contribution in [0.15, 0.2) is 42.9 Å². The van der Waals surface area contributed by atoms with E-state index in [-0.39, 0.29) is 18.2 Å². The zero-order valence-corrected chi connectivity index (χ0v) is 19.9. The fourth-order valence-electron chi connectivity index (χ4n) is 4.37. The van der Waals surface area contributed by atoms with Crippen LogP contribution in [0.3, 0.4) is 0 Å². The van der Waals surface area contributed by atoms with Gasteiger partial charge in [0, 0.05) is 44.2 Å². The number of likely N-dealkylation sites (tertiary alicyclic amines) is 1. The number of rotatable bonds is 5. The number of hydrogen-bond donors (Lipinski definition) is 1. The number of carbonyl (C=O) groups is 1. The van der Waals surface area contributed by atoms with Gasteiger partial charge in [0.2, 0.25) is 5.95 Å². The molecule has 1 amide bonds. The largest absolute Gasteiger partial charge is 0.419 e. The molecule has 2 atom stereocenters. The Balaban J connectivity index is 1.60. The lowest BCUT2D eigenvalue weighted by molar-refractivity contribution is -0.138. The Kier molecular flexibility index (Phi) is 6.72. The van der Waals surface area contributed by atoms with E-state index >= 15 is 0 Å². The predicted molar refractivity (Wildman–Crippen MR) is 122 cm³/mol. The molecule has 0 radical (unpaired) electrons. The van der Waals surface area contributed by atoms with Crippen molar-refractivity contribution in [2.24, 2.45) is 13.0 Å². The van der Waals surface area contributed by atoms with Crippen LogP contribution in [0.4, 0.5) is 27.9 Å². The van der Waals surface area contributed by atoms with E-state index in [0.717, 1.165) is 16.0 Å². The molecule has 4 rings (SSSR count). The third kappa shape index (κ3) is 5.47. The number of hydrogen-bond acceptors (Lipinski definition) is 5. The van der Waals surface area contributed by atoms with Gasteiger partial charge in [0.15, 0.2) is 5.69 Å². The van der Waals surface area contributed by atoms with Crippen molar-refractivity contribution >= 4 is 11.9 Å². The Morgan fingerprint density at radius 1 is 1.17 bits per heavy atom. The molecule has 36 heavy (non-hydrogen) atoms. The number of anilines is 1. The van der Waals surface area contributed by atoms with Crippen LogP contribution in [0.2, 0.25) is 0 Å². The Labute approximate surface area is 204 Å². The lowest BCUT2D eigenvalue weighted by atomic mass is 9.88. The van der Waals surface area contributed by atoms with Crippen LogP contribution < -0.4 is 5.32 Å². The third-order valence-electron chi connectivity index (χ3n) is 6.18. The number of amides is 1. The number of alkyl halides is 5. The molecular weight excluding hydrogens is 483 g/mol.